The second-order valence-corrected chi connectivity index (χ2v) is 4.17. The van der Waals surface area contributed by atoms with E-state index in [1.807, 2.05) is 35.9 Å². The molecule has 18 heavy (non-hydrogen) atoms. The molecule has 94 valence electrons. The van der Waals surface area contributed by atoms with E-state index in [4.69, 9.17) is 0 Å². The molecule has 0 fully saturated rings. The Hall–Kier alpha value is -1.97. The van der Waals surface area contributed by atoms with Crippen LogP contribution in [0.25, 0.3) is 0 Å². The summed E-state index contributed by atoms with van der Waals surface area (Å²) in [6, 6.07) is 5.76. The average Bonchev–Trinajstić information content (AvgIpc) is 2.85. The van der Waals surface area contributed by atoms with Gasteiger partial charge in [0.2, 0.25) is 0 Å². The Morgan fingerprint density at radius 2 is 2.17 bits per heavy atom. The summed E-state index contributed by atoms with van der Waals surface area (Å²) < 4.78 is 2.00. The zero-order valence-corrected chi connectivity index (χ0v) is 10.5. The molecule has 0 unspecified atom stereocenters. The number of carbonyl (C=O) groups excluding carboxylic acids is 1. The summed E-state index contributed by atoms with van der Waals surface area (Å²) in [6.45, 7) is 2.90. The highest BCUT2D eigenvalue weighted by Gasteiger charge is 2.08. The van der Waals surface area contributed by atoms with E-state index in [0.717, 1.165) is 18.1 Å². The van der Waals surface area contributed by atoms with Crippen molar-refractivity contribution in [2.75, 3.05) is 0 Å². The van der Waals surface area contributed by atoms with Crippen molar-refractivity contribution in [3.8, 4) is 0 Å². The van der Waals surface area contributed by atoms with Gasteiger partial charge in [0.15, 0.2) is 0 Å². The van der Waals surface area contributed by atoms with E-state index in [2.05, 4.69) is 9.97 Å². The van der Waals surface area contributed by atoms with Crippen molar-refractivity contribution in [3.05, 3.63) is 48.3 Å². The molecule has 4 nitrogen and oxygen atoms in total. The van der Waals surface area contributed by atoms with Gasteiger partial charge in [-0.3, -0.25) is 9.78 Å². The van der Waals surface area contributed by atoms with Crippen molar-refractivity contribution in [3.63, 3.8) is 0 Å². The fraction of sp³-hybridized carbons (Fsp3) is 0.357. The number of carbonyl (C=O) groups is 1. The standard InChI is InChI=1S/C14H17N3O/c1-2-17-10-9-16-14(17)11-13(18)7-6-12-5-3-4-8-15-12/h3-5,8-10H,2,6-7,11H2,1H3. The molecular weight excluding hydrogens is 226 g/mol. The van der Waals surface area contributed by atoms with Crippen LogP contribution in [0.2, 0.25) is 0 Å². The molecule has 2 aromatic rings. The first-order valence-electron chi connectivity index (χ1n) is 6.21. The molecule has 0 bridgehead atoms. The van der Waals surface area contributed by atoms with Crippen LogP contribution in [0, 0.1) is 0 Å². The van der Waals surface area contributed by atoms with Gasteiger partial charge in [-0.05, 0) is 25.5 Å². The Bertz CT molecular complexity index is 505. The van der Waals surface area contributed by atoms with Crippen LogP contribution in [0.4, 0.5) is 0 Å². The first-order valence-corrected chi connectivity index (χ1v) is 6.21. The lowest BCUT2D eigenvalue weighted by atomic mass is 10.1. The van der Waals surface area contributed by atoms with Crippen LogP contribution in [0.1, 0.15) is 24.9 Å². The number of rotatable bonds is 6. The van der Waals surface area contributed by atoms with Crippen LogP contribution in [-0.4, -0.2) is 20.3 Å². The van der Waals surface area contributed by atoms with E-state index in [9.17, 15) is 4.79 Å². The molecule has 0 aliphatic rings. The quantitative estimate of drug-likeness (QED) is 0.780. The molecular formula is C14H17N3O. The van der Waals surface area contributed by atoms with E-state index in [1.165, 1.54) is 0 Å². The number of imidazole rings is 1. The minimum atomic E-state index is 0.210. The molecule has 2 aromatic heterocycles. The maximum atomic E-state index is 11.9. The predicted molar refractivity (Wildman–Crippen MR) is 69.2 cm³/mol. The van der Waals surface area contributed by atoms with E-state index in [-0.39, 0.29) is 5.78 Å². The molecule has 0 atom stereocenters. The third-order valence-corrected chi connectivity index (χ3v) is 2.88. The van der Waals surface area contributed by atoms with Gasteiger partial charge in [-0.25, -0.2) is 4.98 Å². The largest absolute Gasteiger partial charge is 0.335 e. The van der Waals surface area contributed by atoms with Crippen molar-refractivity contribution in [1.82, 2.24) is 14.5 Å². The van der Waals surface area contributed by atoms with Gasteiger partial charge in [-0.1, -0.05) is 6.07 Å². The number of pyridine rings is 1. The number of aryl methyl sites for hydroxylation is 2. The van der Waals surface area contributed by atoms with Gasteiger partial charge in [0.1, 0.15) is 11.6 Å². The molecule has 0 radical (unpaired) electrons. The molecule has 0 aliphatic heterocycles. The van der Waals surface area contributed by atoms with Gasteiger partial charge in [-0.2, -0.15) is 0 Å². The van der Waals surface area contributed by atoms with Gasteiger partial charge in [-0.15, -0.1) is 0 Å². The summed E-state index contributed by atoms with van der Waals surface area (Å²) in [7, 11) is 0. The molecule has 2 rings (SSSR count). The summed E-state index contributed by atoms with van der Waals surface area (Å²) in [6.07, 6.45) is 7.03. The zero-order valence-electron chi connectivity index (χ0n) is 10.5. The highest BCUT2D eigenvalue weighted by atomic mass is 16.1. The first kappa shape index (κ1) is 12.5. The Labute approximate surface area is 107 Å². The number of hydrogen-bond donors (Lipinski definition) is 0. The molecule has 0 spiro atoms. The van der Waals surface area contributed by atoms with Crippen molar-refractivity contribution in [1.29, 1.82) is 0 Å². The van der Waals surface area contributed by atoms with Gasteiger partial charge < -0.3 is 4.57 Å². The van der Waals surface area contributed by atoms with Crippen LogP contribution < -0.4 is 0 Å². The molecule has 4 heteroatoms. The van der Waals surface area contributed by atoms with Gasteiger partial charge >= 0.3 is 0 Å². The predicted octanol–water partition coefficient (Wildman–Crippen LogP) is 2.04. The van der Waals surface area contributed by atoms with E-state index in [1.54, 1.807) is 12.4 Å². The van der Waals surface area contributed by atoms with Crippen LogP contribution in [0.3, 0.4) is 0 Å². The number of aromatic nitrogens is 3. The number of Topliss-reactive ketones (excluding diaryl/α,β-unsaturated/α-hetero) is 1. The monoisotopic (exact) mass is 243 g/mol. The third kappa shape index (κ3) is 3.26. The average molecular weight is 243 g/mol. The Kier molecular flexibility index (Phi) is 4.23. The molecule has 0 saturated heterocycles. The highest BCUT2D eigenvalue weighted by Crippen LogP contribution is 2.04. The van der Waals surface area contributed by atoms with Crippen molar-refractivity contribution in [2.24, 2.45) is 0 Å². The Morgan fingerprint density at radius 3 is 2.89 bits per heavy atom. The molecule has 0 aliphatic carbocycles. The smallest absolute Gasteiger partial charge is 0.140 e. The lowest BCUT2D eigenvalue weighted by molar-refractivity contribution is -0.118. The Balaban J connectivity index is 1.86. The number of ketones is 1. The second kappa shape index (κ2) is 6.10. The SMILES string of the molecule is CCn1ccnc1CC(=O)CCc1ccccn1. The minimum absolute atomic E-state index is 0.210. The summed E-state index contributed by atoms with van der Waals surface area (Å²) in [5.41, 5.74) is 0.963. The molecule has 2 heterocycles. The maximum absolute atomic E-state index is 11.9. The lowest BCUT2D eigenvalue weighted by Gasteiger charge is -2.04. The zero-order chi connectivity index (χ0) is 12.8. The van der Waals surface area contributed by atoms with E-state index in [0.29, 0.717) is 19.3 Å². The van der Waals surface area contributed by atoms with Crippen molar-refractivity contribution < 1.29 is 4.79 Å². The third-order valence-electron chi connectivity index (χ3n) is 2.88. The fourth-order valence-electron chi connectivity index (χ4n) is 1.87. The highest BCUT2D eigenvalue weighted by molar-refractivity contribution is 5.80. The van der Waals surface area contributed by atoms with Crippen molar-refractivity contribution >= 4 is 5.78 Å². The topological polar surface area (TPSA) is 47.8 Å². The van der Waals surface area contributed by atoms with E-state index >= 15 is 0 Å². The summed E-state index contributed by atoms with van der Waals surface area (Å²) >= 11 is 0. The van der Waals surface area contributed by atoms with Crippen LogP contribution in [-0.2, 0) is 24.2 Å². The normalized spacial score (nSPS) is 10.5. The second-order valence-electron chi connectivity index (χ2n) is 4.17. The summed E-state index contributed by atoms with van der Waals surface area (Å²) in [4.78, 5) is 20.3. The molecule has 0 saturated carbocycles. The minimum Gasteiger partial charge on any atom is -0.335 e. The van der Waals surface area contributed by atoms with Crippen molar-refractivity contribution in [2.45, 2.75) is 32.7 Å². The molecule has 0 aromatic carbocycles. The number of hydrogen-bond acceptors (Lipinski definition) is 3. The van der Waals surface area contributed by atoms with Crippen LogP contribution in [0.5, 0.6) is 0 Å². The summed E-state index contributed by atoms with van der Waals surface area (Å²) in [5.74, 6) is 1.06. The van der Waals surface area contributed by atoms with Gasteiger partial charge in [0, 0.05) is 37.3 Å². The lowest BCUT2D eigenvalue weighted by Crippen LogP contribution is -2.10. The Morgan fingerprint density at radius 1 is 1.28 bits per heavy atom. The van der Waals surface area contributed by atoms with E-state index < -0.39 is 0 Å². The summed E-state index contributed by atoms with van der Waals surface area (Å²) in [5, 5.41) is 0. The van der Waals surface area contributed by atoms with Gasteiger partial charge in [0.05, 0.1) is 6.42 Å². The maximum Gasteiger partial charge on any atom is 0.140 e. The molecule has 0 N–H and O–H groups in total. The first-order chi connectivity index (χ1) is 8.79. The van der Waals surface area contributed by atoms with Crippen LogP contribution in [0.15, 0.2) is 36.8 Å². The van der Waals surface area contributed by atoms with Crippen LogP contribution >= 0.6 is 0 Å². The number of nitrogens with zero attached hydrogens (tertiary/aromatic N) is 3. The molecule has 0 amide bonds. The van der Waals surface area contributed by atoms with Gasteiger partial charge in [0.25, 0.3) is 0 Å². The fourth-order valence-corrected chi connectivity index (χ4v) is 1.87.